The minimum atomic E-state index is -1.08. The average Bonchev–Trinajstić information content (AvgIpc) is 2.51. The lowest BCUT2D eigenvalue weighted by atomic mass is 10.3. The summed E-state index contributed by atoms with van der Waals surface area (Å²) in [6.07, 6.45) is 0.868. The van der Waals surface area contributed by atoms with E-state index in [1.807, 2.05) is 19.1 Å². The molecule has 1 heterocycles. The third kappa shape index (κ3) is 3.20. The van der Waals surface area contributed by atoms with Crippen LogP contribution in [0.4, 0.5) is 0 Å². The minimum absolute atomic E-state index is 0.0770. The molecule has 1 aromatic rings. The molecule has 0 bridgehead atoms. The molecule has 94 valence electrons. The molecule has 0 aliphatic carbocycles. The van der Waals surface area contributed by atoms with Gasteiger partial charge in [0.2, 0.25) is 0 Å². The van der Waals surface area contributed by atoms with Crippen LogP contribution in [0.25, 0.3) is 0 Å². The van der Waals surface area contributed by atoms with Gasteiger partial charge in [0.05, 0.1) is 24.0 Å². The van der Waals surface area contributed by atoms with Crippen molar-refractivity contribution in [1.29, 1.82) is 0 Å². The molecule has 1 aliphatic rings. The van der Waals surface area contributed by atoms with Crippen LogP contribution in [-0.2, 0) is 10.8 Å². The molecular formula is C12H17NO3S. The van der Waals surface area contributed by atoms with Gasteiger partial charge in [0.15, 0.2) is 11.5 Å². The number of hydrogen-bond donors (Lipinski definition) is 1. The molecule has 0 spiro atoms. The Morgan fingerprint density at radius 3 is 2.76 bits per heavy atom. The van der Waals surface area contributed by atoms with Crippen LogP contribution >= 0.6 is 0 Å². The summed E-state index contributed by atoms with van der Waals surface area (Å²) in [5.41, 5.74) is 5.64. The van der Waals surface area contributed by atoms with E-state index >= 15 is 0 Å². The summed E-state index contributed by atoms with van der Waals surface area (Å²) in [7, 11) is -1.08. The molecule has 1 aromatic carbocycles. The molecule has 0 radical (unpaired) electrons. The minimum Gasteiger partial charge on any atom is -0.490 e. The van der Waals surface area contributed by atoms with E-state index in [-0.39, 0.29) is 6.04 Å². The molecule has 2 rings (SSSR count). The molecule has 1 aliphatic heterocycles. The Balaban J connectivity index is 2.20. The van der Waals surface area contributed by atoms with E-state index in [1.165, 1.54) is 0 Å². The van der Waals surface area contributed by atoms with E-state index in [1.54, 1.807) is 6.07 Å². The summed E-state index contributed by atoms with van der Waals surface area (Å²) in [5, 5.41) is 0. The molecule has 17 heavy (non-hydrogen) atoms. The second kappa shape index (κ2) is 5.51. The van der Waals surface area contributed by atoms with Gasteiger partial charge in [-0.1, -0.05) is 0 Å². The molecule has 0 aromatic heterocycles. The summed E-state index contributed by atoms with van der Waals surface area (Å²) >= 11 is 0. The molecular weight excluding hydrogens is 238 g/mol. The third-order valence-corrected chi connectivity index (χ3v) is 4.00. The van der Waals surface area contributed by atoms with Gasteiger partial charge in [0.25, 0.3) is 0 Å². The number of fused-ring (bicyclic) bond motifs is 1. The van der Waals surface area contributed by atoms with Crippen LogP contribution in [0.3, 0.4) is 0 Å². The van der Waals surface area contributed by atoms with E-state index in [0.29, 0.717) is 24.7 Å². The molecule has 0 saturated carbocycles. The van der Waals surface area contributed by atoms with Gasteiger partial charge >= 0.3 is 0 Å². The number of nitrogens with two attached hydrogens (primary N) is 1. The first-order valence-electron chi connectivity index (χ1n) is 5.70. The predicted octanol–water partition coefficient (Wildman–Crippen LogP) is 1.30. The van der Waals surface area contributed by atoms with E-state index in [9.17, 15) is 4.21 Å². The highest BCUT2D eigenvalue weighted by Gasteiger charge is 2.14. The van der Waals surface area contributed by atoms with Crippen LogP contribution < -0.4 is 15.2 Å². The van der Waals surface area contributed by atoms with Crippen molar-refractivity contribution >= 4 is 10.8 Å². The monoisotopic (exact) mass is 255 g/mol. The largest absolute Gasteiger partial charge is 0.490 e. The standard InChI is InChI=1S/C12H17NO3S/c1-9(13)8-17(14)10-3-4-11-12(7-10)16-6-2-5-15-11/h3-4,7,9H,2,5-6,8,13H2,1H3. The summed E-state index contributed by atoms with van der Waals surface area (Å²) in [5.74, 6) is 1.86. The number of benzene rings is 1. The van der Waals surface area contributed by atoms with Gasteiger partial charge in [-0.3, -0.25) is 4.21 Å². The number of rotatable bonds is 3. The predicted molar refractivity (Wildman–Crippen MR) is 67.0 cm³/mol. The zero-order chi connectivity index (χ0) is 12.3. The lowest BCUT2D eigenvalue weighted by Crippen LogP contribution is -2.22. The SMILES string of the molecule is CC(N)CS(=O)c1ccc2c(c1)OCCCO2. The Morgan fingerprint density at radius 1 is 1.35 bits per heavy atom. The van der Waals surface area contributed by atoms with Crippen LogP contribution in [0.5, 0.6) is 11.5 Å². The Kier molecular flexibility index (Phi) is 4.02. The van der Waals surface area contributed by atoms with Crippen molar-refractivity contribution in [1.82, 2.24) is 0 Å². The van der Waals surface area contributed by atoms with Gasteiger partial charge in [-0.05, 0) is 19.1 Å². The van der Waals surface area contributed by atoms with Crippen molar-refractivity contribution < 1.29 is 13.7 Å². The molecule has 2 unspecified atom stereocenters. The second-order valence-electron chi connectivity index (χ2n) is 4.15. The summed E-state index contributed by atoms with van der Waals surface area (Å²) in [6, 6.07) is 5.34. The summed E-state index contributed by atoms with van der Waals surface area (Å²) in [4.78, 5) is 0.742. The highest BCUT2D eigenvalue weighted by atomic mass is 32.2. The van der Waals surface area contributed by atoms with Crippen molar-refractivity contribution in [3.8, 4) is 11.5 Å². The zero-order valence-electron chi connectivity index (χ0n) is 9.85. The molecule has 0 fully saturated rings. The highest BCUT2D eigenvalue weighted by molar-refractivity contribution is 7.85. The molecule has 2 atom stereocenters. The highest BCUT2D eigenvalue weighted by Crippen LogP contribution is 2.31. The first kappa shape index (κ1) is 12.4. The second-order valence-corrected chi connectivity index (χ2v) is 5.64. The smallest absolute Gasteiger partial charge is 0.162 e. The molecule has 5 heteroatoms. The van der Waals surface area contributed by atoms with Gasteiger partial charge in [-0.15, -0.1) is 0 Å². The summed E-state index contributed by atoms with van der Waals surface area (Å²) < 4.78 is 23.0. The summed E-state index contributed by atoms with van der Waals surface area (Å²) in [6.45, 7) is 3.15. The van der Waals surface area contributed by atoms with E-state index in [0.717, 1.165) is 17.1 Å². The zero-order valence-corrected chi connectivity index (χ0v) is 10.7. The molecule has 4 nitrogen and oxygen atoms in total. The van der Waals surface area contributed by atoms with Gasteiger partial charge < -0.3 is 15.2 Å². The maximum Gasteiger partial charge on any atom is 0.162 e. The normalized spacial score (nSPS) is 18.2. The van der Waals surface area contributed by atoms with E-state index in [2.05, 4.69) is 0 Å². The first-order chi connectivity index (χ1) is 8.16. The third-order valence-electron chi connectivity index (χ3n) is 2.40. The van der Waals surface area contributed by atoms with Crippen LogP contribution in [0.15, 0.2) is 23.1 Å². The fourth-order valence-corrected chi connectivity index (χ4v) is 2.75. The first-order valence-corrected chi connectivity index (χ1v) is 7.02. The van der Waals surface area contributed by atoms with E-state index < -0.39 is 10.8 Å². The van der Waals surface area contributed by atoms with Crippen molar-refractivity contribution in [2.45, 2.75) is 24.3 Å². The lowest BCUT2D eigenvalue weighted by Gasteiger charge is -2.10. The maximum absolute atomic E-state index is 12.0. The van der Waals surface area contributed by atoms with Gasteiger partial charge in [0, 0.05) is 29.2 Å². The van der Waals surface area contributed by atoms with Crippen molar-refractivity contribution in [3.63, 3.8) is 0 Å². The van der Waals surface area contributed by atoms with Crippen LogP contribution in [0, 0.1) is 0 Å². The fraction of sp³-hybridized carbons (Fsp3) is 0.500. The average molecular weight is 255 g/mol. The van der Waals surface area contributed by atoms with Gasteiger partial charge in [-0.25, -0.2) is 0 Å². The van der Waals surface area contributed by atoms with Crippen molar-refractivity contribution in [2.75, 3.05) is 19.0 Å². The Labute approximate surface area is 104 Å². The van der Waals surface area contributed by atoms with Crippen LogP contribution in [0.1, 0.15) is 13.3 Å². The van der Waals surface area contributed by atoms with E-state index in [4.69, 9.17) is 15.2 Å². The molecule has 0 saturated heterocycles. The van der Waals surface area contributed by atoms with Crippen molar-refractivity contribution in [3.05, 3.63) is 18.2 Å². The Morgan fingerprint density at radius 2 is 2.06 bits per heavy atom. The number of ether oxygens (including phenoxy) is 2. The quantitative estimate of drug-likeness (QED) is 0.884. The van der Waals surface area contributed by atoms with Crippen LogP contribution in [0.2, 0.25) is 0 Å². The number of hydrogen-bond acceptors (Lipinski definition) is 4. The van der Waals surface area contributed by atoms with Gasteiger partial charge in [-0.2, -0.15) is 0 Å². The molecule has 0 amide bonds. The van der Waals surface area contributed by atoms with Gasteiger partial charge in [0.1, 0.15) is 0 Å². The lowest BCUT2D eigenvalue weighted by molar-refractivity contribution is 0.297. The van der Waals surface area contributed by atoms with Crippen molar-refractivity contribution in [2.24, 2.45) is 5.73 Å². The maximum atomic E-state index is 12.0. The topological polar surface area (TPSA) is 61.6 Å². The fourth-order valence-electron chi connectivity index (χ4n) is 1.62. The molecule has 2 N–H and O–H groups in total. The van der Waals surface area contributed by atoms with Crippen LogP contribution in [-0.4, -0.2) is 29.2 Å². The Bertz CT molecular complexity index is 420. The Hall–Kier alpha value is -1.07.